The van der Waals surface area contributed by atoms with E-state index in [-0.39, 0.29) is 17.9 Å². The van der Waals surface area contributed by atoms with Crippen molar-refractivity contribution in [1.29, 1.82) is 0 Å². The third-order valence-electron chi connectivity index (χ3n) is 6.61. The summed E-state index contributed by atoms with van der Waals surface area (Å²) >= 11 is 0. The van der Waals surface area contributed by atoms with Gasteiger partial charge in [-0.15, -0.1) is 0 Å². The second-order valence-electron chi connectivity index (χ2n) is 8.78. The van der Waals surface area contributed by atoms with Crippen LogP contribution in [0.15, 0.2) is 35.9 Å². The van der Waals surface area contributed by atoms with E-state index in [9.17, 15) is 35.4 Å². The molecule has 0 radical (unpaired) electrons. The number of carbonyl (C=O) groups excluding carboxylic acids is 1. The zero-order valence-corrected chi connectivity index (χ0v) is 18.9. The largest absolute Gasteiger partial charge is 0.508 e. The molecule has 1 aliphatic carbocycles. The Morgan fingerprint density at radius 2 is 1.74 bits per heavy atom. The van der Waals surface area contributed by atoms with Crippen molar-refractivity contribution >= 4 is 5.97 Å². The highest BCUT2D eigenvalue weighted by atomic mass is 16.8. The number of carbonyl (C=O) groups is 1. The van der Waals surface area contributed by atoms with Crippen LogP contribution in [0.5, 0.6) is 5.75 Å². The molecule has 0 aromatic heterocycles. The number of aliphatic hydroxyl groups is 5. The summed E-state index contributed by atoms with van der Waals surface area (Å²) in [5, 5.41) is 60.0. The standard InChI is InChI=1S/C23H30O12/c1-31-16-7-13-14(26)6-11(9-32-21(30)10-2-4-12(25)5-3-10)17(13)22(34-16)35-23-20(29)19(28)18(27)15(8-24)33-23/h2-6,13-20,22-29H,7-9H2,1H3/t13-,14+,15+,16-,17+,18+,19-,20+,22-,23-/m0/s1. The number of aliphatic hydroxyl groups excluding tert-OH is 5. The van der Waals surface area contributed by atoms with Crippen molar-refractivity contribution in [1.82, 2.24) is 0 Å². The lowest BCUT2D eigenvalue weighted by atomic mass is 9.84. The highest BCUT2D eigenvalue weighted by Crippen LogP contribution is 2.44. The molecule has 1 aromatic carbocycles. The van der Waals surface area contributed by atoms with Gasteiger partial charge in [-0.2, -0.15) is 0 Å². The first-order valence-corrected chi connectivity index (χ1v) is 11.2. The summed E-state index contributed by atoms with van der Waals surface area (Å²) in [6.45, 7) is -0.812. The van der Waals surface area contributed by atoms with Gasteiger partial charge in [-0.05, 0) is 29.8 Å². The minimum atomic E-state index is -1.65. The molecule has 2 aliphatic heterocycles. The number of aromatic hydroxyl groups is 1. The number of fused-ring (bicyclic) bond motifs is 1. The number of phenolic OH excluding ortho intramolecular Hbond substituents is 1. The van der Waals surface area contributed by atoms with E-state index in [0.717, 1.165) is 0 Å². The average molecular weight is 498 g/mol. The summed E-state index contributed by atoms with van der Waals surface area (Å²) in [4.78, 5) is 12.4. The Balaban J connectivity index is 1.49. The predicted octanol–water partition coefficient (Wildman–Crippen LogP) is -1.38. The zero-order chi connectivity index (χ0) is 25.3. The van der Waals surface area contributed by atoms with Crippen molar-refractivity contribution < 1.29 is 59.1 Å². The number of ether oxygens (including phenoxy) is 5. The molecular weight excluding hydrogens is 468 g/mol. The maximum absolute atomic E-state index is 12.4. The van der Waals surface area contributed by atoms with Crippen LogP contribution >= 0.6 is 0 Å². The molecule has 1 aromatic rings. The fourth-order valence-electron chi connectivity index (χ4n) is 4.67. The van der Waals surface area contributed by atoms with Crippen LogP contribution in [0.3, 0.4) is 0 Å². The molecule has 0 amide bonds. The molecule has 4 rings (SSSR count). The molecule has 2 fully saturated rings. The highest BCUT2D eigenvalue weighted by molar-refractivity contribution is 5.89. The lowest BCUT2D eigenvalue weighted by molar-refractivity contribution is -0.372. The molecule has 0 saturated carbocycles. The Labute approximate surface area is 200 Å². The van der Waals surface area contributed by atoms with Crippen LogP contribution in [0.25, 0.3) is 0 Å². The van der Waals surface area contributed by atoms with E-state index in [1.54, 1.807) is 6.08 Å². The minimum Gasteiger partial charge on any atom is -0.508 e. The Hall–Kier alpha value is -2.13. The molecule has 0 bridgehead atoms. The van der Waals surface area contributed by atoms with Gasteiger partial charge >= 0.3 is 5.97 Å². The number of benzene rings is 1. The van der Waals surface area contributed by atoms with E-state index in [1.807, 2.05) is 0 Å². The van der Waals surface area contributed by atoms with Crippen molar-refractivity contribution in [2.75, 3.05) is 20.3 Å². The summed E-state index contributed by atoms with van der Waals surface area (Å²) in [5.74, 6) is -1.67. The van der Waals surface area contributed by atoms with Gasteiger partial charge in [0.15, 0.2) is 18.9 Å². The van der Waals surface area contributed by atoms with Crippen molar-refractivity contribution in [3.8, 4) is 5.75 Å². The number of hydrogen-bond donors (Lipinski definition) is 6. The smallest absolute Gasteiger partial charge is 0.338 e. The van der Waals surface area contributed by atoms with Crippen LogP contribution in [0.4, 0.5) is 0 Å². The lowest BCUT2D eigenvalue weighted by Crippen LogP contribution is -2.60. The lowest BCUT2D eigenvalue weighted by Gasteiger charge is -2.44. The van der Waals surface area contributed by atoms with Gasteiger partial charge in [-0.1, -0.05) is 6.08 Å². The molecule has 12 heteroatoms. The van der Waals surface area contributed by atoms with Crippen LogP contribution in [0.1, 0.15) is 16.8 Å². The second-order valence-corrected chi connectivity index (χ2v) is 8.78. The van der Waals surface area contributed by atoms with Crippen molar-refractivity contribution in [2.24, 2.45) is 11.8 Å². The molecule has 194 valence electrons. The van der Waals surface area contributed by atoms with Gasteiger partial charge in [0.25, 0.3) is 0 Å². The summed E-state index contributed by atoms with van der Waals surface area (Å²) < 4.78 is 27.8. The number of hydrogen-bond acceptors (Lipinski definition) is 12. The van der Waals surface area contributed by atoms with Crippen LogP contribution in [-0.2, 0) is 23.7 Å². The molecule has 0 spiro atoms. The van der Waals surface area contributed by atoms with Crippen molar-refractivity contribution in [3.63, 3.8) is 0 Å². The first-order valence-electron chi connectivity index (χ1n) is 11.2. The minimum absolute atomic E-state index is 0.00579. The maximum atomic E-state index is 12.4. The fourth-order valence-corrected chi connectivity index (χ4v) is 4.67. The summed E-state index contributed by atoms with van der Waals surface area (Å²) in [6.07, 6.45) is -8.44. The van der Waals surface area contributed by atoms with E-state index in [0.29, 0.717) is 12.0 Å². The van der Waals surface area contributed by atoms with E-state index in [1.165, 1.54) is 31.4 Å². The SMILES string of the molecule is CO[C@@H]1C[C@@H]2[C@@H](C(COC(=O)c3ccc(O)cc3)=C[C@H]2O)[C@H](O[C@@H]2O[C@H](CO)[C@@H](O)[C@H](O)[C@H]2O)O1. The Bertz CT molecular complexity index is 902. The van der Waals surface area contributed by atoms with Gasteiger partial charge in [-0.25, -0.2) is 4.79 Å². The van der Waals surface area contributed by atoms with Crippen molar-refractivity contribution in [2.45, 2.75) is 55.8 Å². The van der Waals surface area contributed by atoms with Crippen molar-refractivity contribution in [3.05, 3.63) is 41.5 Å². The quantitative estimate of drug-likeness (QED) is 0.191. The zero-order valence-electron chi connectivity index (χ0n) is 18.9. The monoisotopic (exact) mass is 498 g/mol. The molecule has 6 N–H and O–H groups in total. The molecule has 3 aliphatic rings. The van der Waals surface area contributed by atoms with Gasteiger partial charge < -0.3 is 54.3 Å². The first kappa shape index (κ1) is 25.9. The van der Waals surface area contributed by atoms with Gasteiger partial charge in [0.2, 0.25) is 0 Å². The Morgan fingerprint density at radius 1 is 1.03 bits per heavy atom. The maximum Gasteiger partial charge on any atom is 0.338 e. The number of esters is 1. The first-order chi connectivity index (χ1) is 16.7. The van der Waals surface area contributed by atoms with E-state index in [2.05, 4.69) is 0 Å². The Morgan fingerprint density at radius 3 is 2.40 bits per heavy atom. The Kier molecular flexibility index (Phi) is 8.06. The second kappa shape index (κ2) is 10.9. The fraction of sp³-hybridized carbons (Fsp3) is 0.609. The predicted molar refractivity (Wildman–Crippen MR) is 115 cm³/mol. The van der Waals surface area contributed by atoms with Gasteiger partial charge in [0.05, 0.1) is 18.3 Å². The normalized spacial score (nSPS) is 39.1. The van der Waals surface area contributed by atoms with Gasteiger partial charge in [0, 0.05) is 25.4 Å². The molecule has 2 heterocycles. The van der Waals surface area contributed by atoms with E-state index in [4.69, 9.17) is 23.7 Å². The number of phenols is 1. The molecule has 10 atom stereocenters. The average Bonchev–Trinajstić information content (AvgIpc) is 3.18. The van der Waals surface area contributed by atoms with E-state index < -0.39 is 73.8 Å². The highest BCUT2D eigenvalue weighted by Gasteiger charge is 2.51. The molecular formula is C23H30O12. The molecule has 2 saturated heterocycles. The summed E-state index contributed by atoms with van der Waals surface area (Å²) in [7, 11) is 1.42. The van der Waals surface area contributed by atoms with Crippen LogP contribution in [-0.4, -0.2) is 106 Å². The van der Waals surface area contributed by atoms with Crippen LogP contribution in [0.2, 0.25) is 0 Å². The van der Waals surface area contributed by atoms with E-state index >= 15 is 0 Å². The molecule has 12 nitrogen and oxygen atoms in total. The summed E-state index contributed by atoms with van der Waals surface area (Å²) in [6, 6.07) is 5.54. The third-order valence-corrected chi connectivity index (χ3v) is 6.61. The van der Waals surface area contributed by atoms with Crippen LogP contribution < -0.4 is 0 Å². The topological polar surface area (TPSA) is 185 Å². The number of methoxy groups -OCH3 is 1. The molecule has 35 heavy (non-hydrogen) atoms. The van der Waals surface area contributed by atoms with Crippen LogP contribution in [0, 0.1) is 11.8 Å². The summed E-state index contributed by atoms with van der Waals surface area (Å²) in [5.41, 5.74) is 0.741. The van der Waals surface area contributed by atoms with Gasteiger partial charge in [0.1, 0.15) is 36.8 Å². The van der Waals surface area contributed by atoms with Gasteiger partial charge in [-0.3, -0.25) is 0 Å². The molecule has 0 unspecified atom stereocenters. The third kappa shape index (κ3) is 5.35. The number of rotatable bonds is 7.